The van der Waals surface area contributed by atoms with Crippen LogP contribution in [0.5, 0.6) is 0 Å². The Hall–Kier alpha value is -1.41. The summed E-state index contributed by atoms with van der Waals surface area (Å²) in [5.41, 5.74) is 3.88. The molecule has 1 aromatic rings. The van der Waals surface area contributed by atoms with Gasteiger partial charge in [-0.05, 0) is 48.6 Å². The highest BCUT2D eigenvalue weighted by Gasteiger charge is 2.22. The molecule has 0 radical (unpaired) electrons. The van der Waals surface area contributed by atoms with Crippen molar-refractivity contribution in [1.82, 2.24) is 5.32 Å². The van der Waals surface area contributed by atoms with Crippen LogP contribution in [0.3, 0.4) is 0 Å². The Kier molecular flexibility index (Phi) is 4.32. The molecule has 0 aromatic heterocycles. The van der Waals surface area contributed by atoms with Crippen LogP contribution in [0, 0.1) is 5.82 Å². The van der Waals surface area contributed by atoms with Crippen molar-refractivity contribution in [3.05, 3.63) is 58.9 Å². The fraction of sp³-hybridized carbons (Fsp3) is 0.375. The molecule has 0 spiro atoms. The van der Waals surface area contributed by atoms with Crippen LogP contribution in [0.1, 0.15) is 38.3 Å². The normalized spacial score (nSPS) is 24.7. The molecule has 96 valence electrons. The molecule has 0 saturated carbocycles. The summed E-state index contributed by atoms with van der Waals surface area (Å²) in [4.78, 5) is 0. The number of piperidine rings is 1. The molecule has 2 heteroatoms. The minimum absolute atomic E-state index is 0.180. The number of hydrogen-bond donors (Lipinski definition) is 1. The molecule has 0 unspecified atom stereocenters. The van der Waals surface area contributed by atoms with Gasteiger partial charge in [-0.15, -0.1) is 0 Å². The standard InChI is InChI=1S/C16H20FN/c1-3-5-12-10-11-18-16(15(12)4-2)13-6-8-14(17)9-7-13/h4-9,16,18H,3,10-11H2,1-2H3/b12-5-,15-4+/t16-/m0/s1. The summed E-state index contributed by atoms with van der Waals surface area (Å²) in [5.74, 6) is -0.180. The molecule has 1 atom stereocenters. The Bertz CT molecular complexity index is 456. The van der Waals surface area contributed by atoms with Gasteiger partial charge in [0, 0.05) is 6.54 Å². The Balaban J connectivity index is 2.31. The highest BCUT2D eigenvalue weighted by atomic mass is 19.1. The van der Waals surface area contributed by atoms with Crippen molar-refractivity contribution in [2.24, 2.45) is 0 Å². The lowest BCUT2D eigenvalue weighted by Crippen LogP contribution is -2.30. The molecule has 1 nitrogen and oxygen atoms in total. The van der Waals surface area contributed by atoms with Gasteiger partial charge in [-0.1, -0.05) is 31.2 Å². The van der Waals surface area contributed by atoms with Crippen LogP contribution in [-0.2, 0) is 0 Å². The number of allylic oxidation sites excluding steroid dienone is 2. The number of hydrogen-bond acceptors (Lipinski definition) is 1. The highest BCUT2D eigenvalue weighted by Crippen LogP contribution is 2.32. The molecule has 1 N–H and O–H groups in total. The summed E-state index contributed by atoms with van der Waals surface area (Å²) in [7, 11) is 0. The smallest absolute Gasteiger partial charge is 0.123 e. The van der Waals surface area contributed by atoms with Crippen LogP contribution < -0.4 is 5.32 Å². The summed E-state index contributed by atoms with van der Waals surface area (Å²) in [6, 6.07) is 6.99. The van der Waals surface area contributed by atoms with Gasteiger partial charge >= 0.3 is 0 Å². The molecule has 1 aliphatic heterocycles. The van der Waals surface area contributed by atoms with E-state index in [0.717, 1.165) is 24.9 Å². The molecule has 0 amide bonds. The van der Waals surface area contributed by atoms with Crippen LogP contribution in [0.25, 0.3) is 0 Å². The van der Waals surface area contributed by atoms with Gasteiger partial charge in [0.2, 0.25) is 0 Å². The van der Waals surface area contributed by atoms with Crippen molar-refractivity contribution in [2.45, 2.75) is 32.7 Å². The Morgan fingerprint density at radius 1 is 1.33 bits per heavy atom. The zero-order chi connectivity index (χ0) is 13.0. The maximum Gasteiger partial charge on any atom is 0.123 e. The largest absolute Gasteiger partial charge is 0.306 e. The monoisotopic (exact) mass is 245 g/mol. The number of rotatable bonds is 2. The van der Waals surface area contributed by atoms with Gasteiger partial charge in [0.15, 0.2) is 0 Å². The molecule has 2 rings (SSSR count). The maximum atomic E-state index is 13.0. The lowest BCUT2D eigenvalue weighted by Gasteiger charge is -2.30. The van der Waals surface area contributed by atoms with E-state index in [2.05, 4.69) is 31.3 Å². The third-order valence-electron chi connectivity index (χ3n) is 3.39. The third-order valence-corrected chi connectivity index (χ3v) is 3.39. The van der Waals surface area contributed by atoms with E-state index in [0.29, 0.717) is 0 Å². The predicted octanol–water partition coefficient (Wildman–Crippen LogP) is 4.14. The summed E-state index contributed by atoms with van der Waals surface area (Å²) < 4.78 is 13.0. The predicted molar refractivity (Wildman–Crippen MR) is 73.9 cm³/mol. The number of halogens is 1. The van der Waals surface area contributed by atoms with Gasteiger partial charge in [0.25, 0.3) is 0 Å². The Morgan fingerprint density at radius 2 is 2.06 bits per heavy atom. The summed E-state index contributed by atoms with van der Waals surface area (Å²) in [6.07, 6.45) is 6.60. The van der Waals surface area contributed by atoms with Crippen LogP contribution in [0.2, 0.25) is 0 Å². The van der Waals surface area contributed by atoms with E-state index >= 15 is 0 Å². The van der Waals surface area contributed by atoms with E-state index in [4.69, 9.17) is 0 Å². The first kappa shape index (κ1) is 13.0. The van der Waals surface area contributed by atoms with Gasteiger partial charge in [0.05, 0.1) is 6.04 Å². The molecular weight excluding hydrogens is 225 g/mol. The SMILES string of the molecule is C/C=C1\C(=C/CC)CCN[C@H]1c1ccc(F)cc1. The molecular formula is C16H20FN. The Labute approximate surface area is 108 Å². The Morgan fingerprint density at radius 3 is 2.67 bits per heavy atom. The summed E-state index contributed by atoms with van der Waals surface area (Å²) in [5, 5.41) is 3.51. The van der Waals surface area contributed by atoms with Crippen LogP contribution in [0.15, 0.2) is 47.6 Å². The zero-order valence-corrected chi connectivity index (χ0v) is 11.0. The molecule has 1 saturated heterocycles. The van der Waals surface area contributed by atoms with Crippen LogP contribution >= 0.6 is 0 Å². The molecule has 18 heavy (non-hydrogen) atoms. The second kappa shape index (κ2) is 5.96. The molecule has 1 heterocycles. The minimum atomic E-state index is -0.180. The lowest BCUT2D eigenvalue weighted by molar-refractivity contribution is 0.555. The number of benzene rings is 1. The average molecular weight is 245 g/mol. The number of nitrogens with one attached hydrogen (secondary N) is 1. The van der Waals surface area contributed by atoms with Crippen LogP contribution in [0.4, 0.5) is 4.39 Å². The first-order valence-corrected chi connectivity index (χ1v) is 6.60. The molecule has 1 fully saturated rings. The van der Waals surface area contributed by atoms with E-state index in [9.17, 15) is 4.39 Å². The van der Waals surface area contributed by atoms with Crippen molar-refractivity contribution in [2.75, 3.05) is 6.54 Å². The fourth-order valence-electron chi connectivity index (χ4n) is 2.56. The molecule has 1 aliphatic rings. The second-order valence-corrected chi connectivity index (χ2v) is 4.57. The first-order valence-electron chi connectivity index (χ1n) is 6.60. The van der Waals surface area contributed by atoms with E-state index in [1.165, 1.54) is 23.3 Å². The first-order chi connectivity index (χ1) is 8.76. The van der Waals surface area contributed by atoms with Crippen molar-refractivity contribution in [1.29, 1.82) is 0 Å². The summed E-state index contributed by atoms with van der Waals surface area (Å²) >= 11 is 0. The van der Waals surface area contributed by atoms with E-state index in [1.807, 2.05) is 12.1 Å². The molecule has 0 bridgehead atoms. The van der Waals surface area contributed by atoms with E-state index < -0.39 is 0 Å². The minimum Gasteiger partial charge on any atom is -0.306 e. The van der Waals surface area contributed by atoms with Crippen molar-refractivity contribution in [3.8, 4) is 0 Å². The summed E-state index contributed by atoms with van der Waals surface area (Å²) in [6.45, 7) is 5.21. The quantitative estimate of drug-likeness (QED) is 0.825. The third kappa shape index (κ3) is 2.70. The highest BCUT2D eigenvalue weighted by molar-refractivity contribution is 5.42. The fourth-order valence-corrected chi connectivity index (χ4v) is 2.56. The maximum absolute atomic E-state index is 13.0. The van der Waals surface area contributed by atoms with Gasteiger partial charge in [-0.3, -0.25) is 0 Å². The average Bonchev–Trinajstić information content (AvgIpc) is 2.40. The zero-order valence-electron chi connectivity index (χ0n) is 11.0. The van der Waals surface area contributed by atoms with Gasteiger partial charge in [0.1, 0.15) is 5.82 Å². The molecule has 1 aromatic carbocycles. The van der Waals surface area contributed by atoms with Gasteiger partial charge < -0.3 is 5.32 Å². The van der Waals surface area contributed by atoms with Crippen LogP contribution in [-0.4, -0.2) is 6.54 Å². The van der Waals surface area contributed by atoms with Crippen molar-refractivity contribution in [3.63, 3.8) is 0 Å². The van der Waals surface area contributed by atoms with Gasteiger partial charge in [-0.2, -0.15) is 0 Å². The van der Waals surface area contributed by atoms with Crippen molar-refractivity contribution >= 4 is 0 Å². The van der Waals surface area contributed by atoms with Gasteiger partial charge in [-0.25, -0.2) is 4.39 Å². The van der Waals surface area contributed by atoms with E-state index in [1.54, 1.807) is 0 Å². The molecule has 0 aliphatic carbocycles. The lowest BCUT2D eigenvalue weighted by atomic mass is 9.87. The van der Waals surface area contributed by atoms with E-state index in [-0.39, 0.29) is 11.9 Å². The topological polar surface area (TPSA) is 12.0 Å². The second-order valence-electron chi connectivity index (χ2n) is 4.57. The van der Waals surface area contributed by atoms with Crippen molar-refractivity contribution < 1.29 is 4.39 Å².